The van der Waals surface area contributed by atoms with Gasteiger partial charge in [-0.25, -0.2) is 9.67 Å². The van der Waals surface area contributed by atoms with Crippen molar-refractivity contribution in [2.24, 2.45) is 9.98 Å². The van der Waals surface area contributed by atoms with Crippen molar-refractivity contribution in [2.45, 2.75) is 26.7 Å². The summed E-state index contributed by atoms with van der Waals surface area (Å²) in [5.74, 6) is 2.90. The molecule has 3 heterocycles. The molecule has 1 aromatic carbocycles. The van der Waals surface area contributed by atoms with Gasteiger partial charge in [-0.05, 0) is 31.0 Å². The molecule has 0 unspecified atom stereocenters. The fourth-order valence-electron chi connectivity index (χ4n) is 3.05. The Kier molecular flexibility index (Phi) is 3.45. The van der Waals surface area contributed by atoms with E-state index < -0.39 is 0 Å². The van der Waals surface area contributed by atoms with Crippen LogP contribution >= 0.6 is 11.6 Å². The van der Waals surface area contributed by atoms with Crippen LogP contribution in [-0.2, 0) is 0 Å². The quantitative estimate of drug-likeness (QED) is 0.843. The number of hydrogen-bond donors (Lipinski definition) is 0. The van der Waals surface area contributed by atoms with Crippen LogP contribution in [0.5, 0.6) is 0 Å². The van der Waals surface area contributed by atoms with E-state index in [4.69, 9.17) is 21.6 Å². The van der Waals surface area contributed by atoms with Crippen molar-refractivity contribution in [3.63, 3.8) is 0 Å². The molecule has 6 heteroatoms. The monoisotopic (exact) mass is 327 g/mol. The van der Waals surface area contributed by atoms with Crippen LogP contribution in [0.15, 0.2) is 34.4 Å². The zero-order valence-electron chi connectivity index (χ0n) is 13.3. The molecule has 2 aliphatic heterocycles. The summed E-state index contributed by atoms with van der Waals surface area (Å²) in [6.45, 7) is 5.96. The normalized spacial score (nSPS) is 16.6. The minimum Gasteiger partial charge on any atom is -0.314 e. The van der Waals surface area contributed by atoms with Crippen molar-refractivity contribution in [3.8, 4) is 5.69 Å². The van der Waals surface area contributed by atoms with Crippen molar-refractivity contribution in [2.75, 3.05) is 13.1 Å². The molecule has 0 aliphatic carbocycles. The maximum atomic E-state index is 6.27. The number of benzene rings is 1. The lowest BCUT2D eigenvalue weighted by Crippen LogP contribution is -2.42. The molecule has 0 spiro atoms. The highest BCUT2D eigenvalue weighted by molar-refractivity contribution is 6.31. The summed E-state index contributed by atoms with van der Waals surface area (Å²) in [7, 11) is 0. The van der Waals surface area contributed by atoms with E-state index in [0.717, 1.165) is 65.3 Å². The van der Waals surface area contributed by atoms with Gasteiger partial charge < -0.3 is 4.90 Å². The van der Waals surface area contributed by atoms with E-state index in [1.165, 1.54) is 0 Å². The van der Waals surface area contributed by atoms with Gasteiger partial charge in [-0.1, -0.05) is 24.6 Å². The second-order valence-corrected chi connectivity index (χ2v) is 6.23. The molecule has 0 amide bonds. The maximum Gasteiger partial charge on any atom is 0.168 e. The highest BCUT2D eigenvalue weighted by Gasteiger charge is 2.30. The first-order valence-corrected chi connectivity index (χ1v) is 8.31. The molecule has 1 aromatic heterocycles. The van der Waals surface area contributed by atoms with Crippen molar-refractivity contribution >= 4 is 29.1 Å². The Morgan fingerprint density at radius 2 is 2.17 bits per heavy atom. The summed E-state index contributed by atoms with van der Waals surface area (Å²) >= 11 is 6.27. The number of fused-ring (bicyclic) bond motifs is 3. The maximum absolute atomic E-state index is 6.27. The van der Waals surface area contributed by atoms with Crippen molar-refractivity contribution in [3.05, 3.63) is 40.5 Å². The summed E-state index contributed by atoms with van der Waals surface area (Å²) in [6.07, 6.45) is 3.80. The fourth-order valence-corrected chi connectivity index (χ4v) is 3.22. The molecule has 0 atom stereocenters. The average molecular weight is 328 g/mol. The first-order chi connectivity index (χ1) is 11.2. The molecular weight excluding hydrogens is 310 g/mol. The molecular formula is C17H18ClN5. The number of aliphatic imine (C=N–C) groups is 2. The van der Waals surface area contributed by atoms with Crippen LogP contribution in [0.4, 0.5) is 5.82 Å². The Labute approximate surface area is 140 Å². The number of rotatable bonds is 2. The Hall–Kier alpha value is -2.14. The van der Waals surface area contributed by atoms with Crippen LogP contribution in [0.25, 0.3) is 5.69 Å². The van der Waals surface area contributed by atoms with E-state index in [-0.39, 0.29) is 0 Å². The van der Waals surface area contributed by atoms with Crippen LogP contribution in [0.1, 0.15) is 30.9 Å². The van der Waals surface area contributed by atoms with E-state index in [1.54, 1.807) is 0 Å². The van der Waals surface area contributed by atoms with Gasteiger partial charge in [0.2, 0.25) is 0 Å². The lowest BCUT2D eigenvalue weighted by Gasteiger charge is -2.32. The molecule has 0 saturated heterocycles. The molecule has 0 radical (unpaired) electrons. The SMILES string of the molecule is CCC1=Nc2c(cnn2-c2ccc(C)c(Cl)c2)C2=NCCCN12. The summed E-state index contributed by atoms with van der Waals surface area (Å²) in [5.41, 5.74) is 2.97. The standard InChI is InChI=1S/C17H18ClN5/c1-3-15-21-17-13(16-19-7-4-8-22(15)16)10-20-23(17)12-6-5-11(2)14(18)9-12/h5-6,9-10H,3-4,7-8H2,1-2H3. The van der Waals surface area contributed by atoms with Gasteiger partial charge in [0.1, 0.15) is 11.7 Å². The number of aryl methyl sites for hydroxylation is 1. The molecule has 2 aromatic rings. The van der Waals surface area contributed by atoms with Crippen LogP contribution in [0, 0.1) is 6.92 Å². The van der Waals surface area contributed by atoms with Gasteiger partial charge in [-0.2, -0.15) is 5.10 Å². The second kappa shape index (κ2) is 5.49. The second-order valence-electron chi connectivity index (χ2n) is 5.82. The van der Waals surface area contributed by atoms with E-state index in [0.29, 0.717) is 0 Å². The van der Waals surface area contributed by atoms with Gasteiger partial charge in [0.05, 0.1) is 17.4 Å². The highest BCUT2D eigenvalue weighted by atomic mass is 35.5. The minimum absolute atomic E-state index is 0.735. The molecule has 4 rings (SSSR count). The van der Waals surface area contributed by atoms with E-state index in [1.807, 2.05) is 36.0 Å². The fraction of sp³-hybridized carbons (Fsp3) is 0.353. The lowest BCUT2D eigenvalue weighted by atomic mass is 10.1. The van der Waals surface area contributed by atoms with E-state index >= 15 is 0 Å². The highest BCUT2D eigenvalue weighted by Crippen LogP contribution is 2.32. The lowest BCUT2D eigenvalue weighted by molar-refractivity contribution is 0.537. The van der Waals surface area contributed by atoms with Gasteiger partial charge in [0.25, 0.3) is 0 Å². The summed E-state index contributed by atoms with van der Waals surface area (Å²) in [5, 5.41) is 5.28. The van der Waals surface area contributed by atoms with Gasteiger partial charge in [0.15, 0.2) is 5.82 Å². The largest absolute Gasteiger partial charge is 0.314 e. The van der Waals surface area contributed by atoms with Gasteiger partial charge in [-0.15, -0.1) is 0 Å². The van der Waals surface area contributed by atoms with Gasteiger partial charge >= 0.3 is 0 Å². The molecule has 118 valence electrons. The zero-order valence-corrected chi connectivity index (χ0v) is 14.0. The third-order valence-electron chi connectivity index (χ3n) is 4.30. The van der Waals surface area contributed by atoms with E-state index in [9.17, 15) is 0 Å². The third-order valence-corrected chi connectivity index (χ3v) is 4.71. The third kappa shape index (κ3) is 2.27. The number of halogens is 1. The predicted molar refractivity (Wildman–Crippen MR) is 93.4 cm³/mol. The van der Waals surface area contributed by atoms with Crippen molar-refractivity contribution in [1.29, 1.82) is 0 Å². The molecule has 0 fully saturated rings. The van der Waals surface area contributed by atoms with Gasteiger partial charge in [-0.3, -0.25) is 4.99 Å². The minimum atomic E-state index is 0.735. The first kappa shape index (κ1) is 14.5. The smallest absolute Gasteiger partial charge is 0.168 e. The molecule has 0 N–H and O–H groups in total. The van der Waals surface area contributed by atoms with Crippen molar-refractivity contribution in [1.82, 2.24) is 14.7 Å². The number of aromatic nitrogens is 2. The summed E-state index contributed by atoms with van der Waals surface area (Å²) in [6, 6.07) is 5.95. The average Bonchev–Trinajstić information content (AvgIpc) is 3.00. The summed E-state index contributed by atoms with van der Waals surface area (Å²) in [4.78, 5) is 11.8. The van der Waals surface area contributed by atoms with Crippen molar-refractivity contribution < 1.29 is 0 Å². The van der Waals surface area contributed by atoms with E-state index in [2.05, 4.69) is 16.9 Å². The molecule has 2 aliphatic rings. The zero-order chi connectivity index (χ0) is 16.0. The van der Waals surface area contributed by atoms with Crippen LogP contribution < -0.4 is 0 Å². The Balaban J connectivity index is 1.88. The van der Waals surface area contributed by atoms with Crippen LogP contribution in [-0.4, -0.2) is 39.4 Å². The topological polar surface area (TPSA) is 45.8 Å². The van der Waals surface area contributed by atoms with Gasteiger partial charge in [0, 0.05) is 24.5 Å². The Morgan fingerprint density at radius 3 is 2.96 bits per heavy atom. The Bertz CT molecular complexity index is 834. The molecule has 23 heavy (non-hydrogen) atoms. The molecule has 0 bridgehead atoms. The van der Waals surface area contributed by atoms with Crippen LogP contribution in [0.3, 0.4) is 0 Å². The number of nitrogens with zero attached hydrogens (tertiary/aromatic N) is 5. The number of amidine groups is 2. The Morgan fingerprint density at radius 1 is 1.30 bits per heavy atom. The summed E-state index contributed by atoms with van der Waals surface area (Å²) < 4.78 is 1.85. The molecule has 5 nitrogen and oxygen atoms in total. The molecule has 0 saturated carbocycles. The number of hydrogen-bond acceptors (Lipinski definition) is 4. The van der Waals surface area contributed by atoms with Crippen LogP contribution in [0.2, 0.25) is 5.02 Å². The predicted octanol–water partition coefficient (Wildman–Crippen LogP) is 3.74. The first-order valence-electron chi connectivity index (χ1n) is 7.93.